The summed E-state index contributed by atoms with van der Waals surface area (Å²) in [7, 11) is -0.738. The van der Waals surface area contributed by atoms with Crippen LogP contribution in [0.4, 0.5) is 9.18 Å². The highest BCUT2D eigenvalue weighted by Gasteiger charge is 2.52. The second-order valence-corrected chi connectivity index (χ2v) is 10.9. The van der Waals surface area contributed by atoms with Crippen LogP contribution in [-0.4, -0.2) is 42.5 Å². The van der Waals surface area contributed by atoms with Gasteiger partial charge >= 0.3 is 13.2 Å². The van der Waals surface area contributed by atoms with Crippen LogP contribution in [0.15, 0.2) is 66.3 Å². The summed E-state index contributed by atoms with van der Waals surface area (Å²) in [6.07, 6.45) is 2.52. The highest BCUT2D eigenvalue weighted by atomic mass is 35.5. The zero-order chi connectivity index (χ0) is 27.1. The van der Waals surface area contributed by atoms with Crippen molar-refractivity contribution in [1.82, 2.24) is 10.3 Å². The quantitative estimate of drug-likeness (QED) is 0.292. The number of aromatic nitrogens is 1. The van der Waals surface area contributed by atoms with Crippen LogP contribution in [0.5, 0.6) is 0 Å². The lowest BCUT2D eigenvalue weighted by Crippen LogP contribution is -2.41. The minimum absolute atomic E-state index is 0.0429. The molecule has 0 spiro atoms. The first-order valence-corrected chi connectivity index (χ1v) is 12.9. The molecule has 2 heterocycles. The standard InChI is InChI=1S/C29H29BClFN2O4/c1-28(2)29(3,4)38-30(37-28)19(13-18-14-25(31)26(32)33-15-18)16-34-27(35)36-17-24-22-11-7-5-9-20(22)21-10-6-8-12-23(21)24/h5-15,24H,16-17H2,1-4H3,(H,34,35). The van der Waals surface area contributed by atoms with Gasteiger partial charge in [-0.05, 0) is 67.1 Å². The predicted octanol–water partition coefficient (Wildman–Crippen LogP) is 6.43. The molecular formula is C29H29BClFN2O4. The van der Waals surface area contributed by atoms with E-state index in [0.29, 0.717) is 11.0 Å². The fourth-order valence-electron chi connectivity index (χ4n) is 4.75. The smallest absolute Gasteiger partial charge is 0.449 e. The Morgan fingerprint density at radius 1 is 1.08 bits per heavy atom. The van der Waals surface area contributed by atoms with Gasteiger partial charge in [0.05, 0.1) is 16.2 Å². The lowest BCUT2D eigenvalue weighted by Gasteiger charge is -2.32. The van der Waals surface area contributed by atoms with Crippen LogP contribution in [0.2, 0.25) is 5.02 Å². The monoisotopic (exact) mass is 534 g/mol. The first-order chi connectivity index (χ1) is 18.1. The topological polar surface area (TPSA) is 69.7 Å². The van der Waals surface area contributed by atoms with Gasteiger partial charge in [-0.1, -0.05) is 66.2 Å². The third kappa shape index (κ3) is 5.08. The van der Waals surface area contributed by atoms with Gasteiger partial charge in [0.2, 0.25) is 5.95 Å². The summed E-state index contributed by atoms with van der Waals surface area (Å²) in [4.78, 5) is 16.5. The van der Waals surface area contributed by atoms with Gasteiger partial charge in [-0.2, -0.15) is 4.39 Å². The van der Waals surface area contributed by atoms with E-state index >= 15 is 0 Å². The van der Waals surface area contributed by atoms with Gasteiger partial charge in [0.25, 0.3) is 0 Å². The predicted molar refractivity (Wildman–Crippen MR) is 146 cm³/mol. The molecule has 1 aromatic heterocycles. The summed E-state index contributed by atoms with van der Waals surface area (Å²) < 4.78 is 31.7. The second kappa shape index (κ2) is 10.2. The maximum atomic E-state index is 13.6. The number of nitrogens with one attached hydrogen (secondary N) is 1. The van der Waals surface area contributed by atoms with E-state index in [0.717, 1.165) is 22.3 Å². The third-order valence-corrected chi connectivity index (χ3v) is 7.77. The fourth-order valence-corrected chi connectivity index (χ4v) is 4.92. The van der Waals surface area contributed by atoms with E-state index in [-0.39, 0.29) is 24.1 Å². The van der Waals surface area contributed by atoms with Crippen molar-refractivity contribution >= 4 is 30.9 Å². The number of hydrogen-bond donors (Lipinski definition) is 1. The molecule has 2 aliphatic rings. The molecule has 5 rings (SSSR count). The number of nitrogens with zero attached hydrogens (tertiary/aromatic N) is 1. The minimum Gasteiger partial charge on any atom is -0.449 e. The van der Waals surface area contributed by atoms with Crippen molar-refractivity contribution in [1.29, 1.82) is 0 Å². The fraction of sp³-hybridized carbons (Fsp3) is 0.310. The van der Waals surface area contributed by atoms with Gasteiger partial charge in [0.1, 0.15) is 6.61 Å². The number of amides is 1. The van der Waals surface area contributed by atoms with Crippen LogP contribution < -0.4 is 5.32 Å². The maximum absolute atomic E-state index is 13.6. The number of carbonyl (C=O) groups excluding carboxylic acids is 1. The molecule has 1 amide bonds. The van der Waals surface area contributed by atoms with E-state index in [1.165, 1.54) is 12.3 Å². The molecule has 0 unspecified atom stereocenters. The number of alkyl carbamates (subject to hydrolysis) is 1. The molecule has 6 nitrogen and oxygen atoms in total. The van der Waals surface area contributed by atoms with Gasteiger partial charge in [0.15, 0.2) is 0 Å². The Labute approximate surface area is 227 Å². The average molecular weight is 535 g/mol. The van der Waals surface area contributed by atoms with Crippen LogP contribution in [0, 0.1) is 5.95 Å². The average Bonchev–Trinajstić information content (AvgIpc) is 3.31. The van der Waals surface area contributed by atoms with E-state index in [1.807, 2.05) is 52.0 Å². The number of hydrogen-bond acceptors (Lipinski definition) is 5. The molecule has 0 atom stereocenters. The number of ether oxygens (including phenoxy) is 1. The number of pyridine rings is 1. The number of benzene rings is 2. The first kappa shape index (κ1) is 26.4. The third-order valence-electron chi connectivity index (χ3n) is 7.51. The Hall–Kier alpha value is -3.20. The Bertz CT molecular complexity index is 1350. The van der Waals surface area contributed by atoms with E-state index < -0.39 is 30.4 Å². The van der Waals surface area contributed by atoms with Crippen molar-refractivity contribution < 1.29 is 23.2 Å². The Kier molecular flexibility index (Phi) is 7.07. The molecule has 9 heteroatoms. The van der Waals surface area contributed by atoms with Crippen molar-refractivity contribution in [2.75, 3.05) is 13.2 Å². The first-order valence-electron chi connectivity index (χ1n) is 12.5. The van der Waals surface area contributed by atoms with E-state index in [1.54, 1.807) is 6.08 Å². The number of fused-ring (bicyclic) bond motifs is 3. The highest BCUT2D eigenvalue weighted by Crippen LogP contribution is 2.44. The molecule has 1 aliphatic heterocycles. The zero-order valence-corrected chi connectivity index (χ0v) is 22.5. The van der Waals surface area contributed by atoms with Crippen LogP contribution in [0.3, 0.4) is 0 Å². The summed E-state index contributed by atoms with van der Waals surface area (Å²) in [5.41, 5.74) is 4.60. The van der Waals surface area contributed by atoms with Crippen molar-refractivity contribution in [3.05, 3.63) is 93.9 Å². The van der Waals surface area contributed by atoms with E-state index in [2.05, 4.69) is 34.6 Å². The van der Waals surface area contributed by atoms with Crippen LogP contribution >= 0.6 is 11.6 Å². The lowest BCUT2D eigenvalue weighted by atomic mass is 9.77. The molecule has 3 aromatic rings. The van der Waals surface area contributed by atoms with Gasteiger partial charge in [-0.25, -0.2) is 9.78 Å². The molecule has 0 bridgehead atoms. The van der Waals surface area contributed by atoms with Gasteiger partial charge < -0.3 is 19.4 Å². The van der Waals surface area contributed by atoms with Crippen molar-refractivity contribution in [3.8, 4) is 11.1 Å². The van der Waals surface area contributed by atoms with Gasteiger partial charge in [-0.15, -0.1) is 0 Å². The van der Waals surface area contributed by atoms with Crippen molar-refractivity contribution in [2.45, 2.75) is 44.8 Å². The number of halogens is 2. The van der Waals surface area contributed by atoms with Crippen molar-refractivity contribution in [3.63, 3.8) is 0 Å². The normalized spacial score (nSPS) is 17.7. The Morgan fingerprint density at radius 3 is 2.24 bits per heavy atom. The number of rotatable bonds is 6. The molecule has 2 aromatic carbocycles. The van der Waals surface area contributed by atoms with Crippen molar-refractivity contribution in [2.24, 2.45) is 0 Å². The summed E-state index contributed by atoms with van der Waals surface area (Å²) in [6, 6.07) is 17.8. The molecular weight excluding hydrogens is 506 g/mol. The molecule has 0 saturated carbocycles. The molecule has 0 radical (unpaired) electrons. The largest absolute Gasteiger partial charge is 0.492 e. The van der Waals surface area contributed by atoms with Gasteiger partial charge in [-0.3, -0.25) is 0 Å². The summed E-state index contributed by atoms with van der Waals surface area (Å²) in [5, 5.41) is 2.72. The second-order valence-electron chi connectivity index (χ2n) is 10.5. The van der Waals surface area contributed by atoms with Crippen LogP contribution in [-0.2, 0) is 14.0 Å². The molecule has 196 valence electrons. The summed E-state index contributed by atoms with van der Waals surface area (Å²) in [5.74, 6) is -0.795. The molecule has 1 saturated heterocycles. The lowest BCUT2D eigenvalue weighted by molar-refractivity contribution is 0.00578. The Balaban J connectivity index is 1.30. The molecule has 1 aliphatic carbocycles. The highest BCUT2D eigenvalue weighted by molar-refractivity contribution is 6.56. The van der Waals surface area contributed by atoms with Crippen LogP contribution in [0.1, 0.15) is 50.3 Å². The molecule has 1 fully saturated rings. The van der Waals surface area contributed by atoms with Gasteiger partial charge in [0, 0.05) is 18.7 Å². The molecule has 38 heavy (non-hydrogen) atoms. The Morgan fingerprint density at radius 2 is 1.66 bits per heavy atom. The molecule has 1 N–H and O–H groups in total. The van der Waals surface area contributed by atoms with E-state index in [9.17, 15) is 9.18 Å². The zero-order valence-electron chi connectivity index (χ0n) is 21.8. The summed E-state index contributed by atoms with van der Waals surface area (Å²) >= 11 is 5.93. The van der Waals surface area contributed by atoms with E-state index in [4.69, 9.17) is 25.6 Å². The van der Waals surface area contributed by atoms with Crippen LogP contribution in [0.25, 0.3) is 17.2 Å². The maximum Gasteiger partial charge on any atom is 0.492 e. The minimum atomic E-state index is -0.752. The summed E-state index contributed by atoms with van der Waals surface area (Å²) in [6.45, 7) is 8.06. The SMILES string of the molecule is CC1(C)OB(C(=Cc2cnc(F)c(Cl)c2)CNC(=O)OCC2c3ccccc3-c3ccccc32)OC1(C)C. The number of carbonyl (C=O) groups is 1.